The number of rotatable bonds is 1. The van der Waals surface area contributed by atoms with Crippen molar-refractivity contribution in [2.75, 3.05) is 5.75 Å². The van der Waals surface area contributed by atoms with E-state index in [1.54, 1.807) is 0 Å². The van der Waals surface area contributed by atoms with E-state index in [0.717, 1.165) is 25.2 Å². The molecule has 4 heteroatoms. The Morgan fingerprint density at radius 2 is 2.31 bits per heavy atom. The fourth-order valence-corrected chi connectivity index (χ4v) is 3.84. The number of fused-ring (bicyclic) bond motifs is 1. The van der Waals surface area contributed by atoms with Crippen LogP contribution in [-0.4, -0.2) is 26.5 Å². The maximum absolute atomic E-state index is 9.62. The van der Waals surface area contributed by atoms with Gasteiger partial charge < -0.3 is 9.67 Å². The molecule has 16 heavy (non-hydrogen) atoms. The van der Waals surface area contributed by atoms with E-state index in [2.05, 4.69) is 10.8 Å². The summed E-state index contributed by atoms with van der Waals surface area (Å²) in [5, 5.41) is 10.2. The first-order chi connectivity index (χ1) is 7.83. The summed E-state index contributed by atoms with van der Waals surface area (Å²) < 4.78 is 2.23. The van der Waals surface area contributed by atoms with Crippen molar-refractivity contribution < 1.29 is 5.11 Å². The van der Waals surface area contributed by atoms with Gasteiger partial charge in [0.15, 0.2) is 0 Å². The van der Waals surface area contributed by atoms with Crippen LogP contribution in [0.15, 0.2) is 6.20 Å². The zero-order valence-corrected chi connectivity index (χ0v) is 10.2. The fraction of sp³-hybridized carbons (Fsp3) is 0.750. The largest absolute Gasteiger partial charge is 0.393 e. The molecular weight excluding hydrogens is 220 g/mol. The van der Waals surface area contributed by atoms with Gasteiger partial charge in [-0.25, -0.2) is 4.98 Å². The molecule has 0 spiro atoms. The first kappa shape index (κ1) is 10.7. The Bertz CT molecular complexity index is 371. The minimum Gasteiger partial charge on any atom is -0.393 e. The predicted molar refractivity (Wildman–Crippen MR) is 65.6 cm³/mol. The molecule has 0 aromatic carbocycles. The van der Waals surface area contributed by atoms with Gasteiger partial charge in [0.05, 0.1) is 11.8 Å². The maximum atomic E-state index is 9.62. The topological polar surface area (TPSA) is 38.0 Å². The van der Waals surface area contributed by atoms with Gasteiger partial charge in [0.2, 0.25) is 0 Å². The van der Waals surface area contributed by atoms with Crippen LogP contribution in [-0.2, 0) is 13.0 Å². The zero-order chi connectivity index (χ0) is 11.0. The number of imidazole rings is 1. The molecule has 1 fully saturated rings. The first-order valence-electron chi connectivity index (χ1n) is 6.18. The molecular formula is C12H18N2OS. The van der Waals surface area contributed by atoms with Crippen LogP contribution in [0.1, 0.15) is 42.5 Å². The van der Waals surface area contributed by atoms with Gasteiger partial charge in [0.25, 0.3) is 0 Å². The monoisotopic (exact) mass is 238 g/mol. The van der Waals surface area contributed by atoms with Crippen LogP contribution in [0, 0.1) is 0 Å². The first-order valence-corrected chi connectivity index (χ1v) is 7.23. The molecule has 0 bridgehead atoms. The average Bonchev–Trinajstić information content (AvgIpc) is 2.73. The van der Waals surface area contributed by atoms with Crippen LogP contribution in [0.25, 0.3) is 0 Å². The lowest BCUT2D eigenvalue weighted by molar-refractivity contribution is 0.141. The van der Waals surface area contributed by atoms with Gasteiger partial charge in [-0.05, 0) is 25.0 Å². The average molecular weight is 238 g/mol. The second-order valence-electron chi connectivity index (χ2n) is 4.78. The number of thioether (sulfide) groups is 1. The Morgan fingerprint density at radius 1 is 1.38 bits per heavy atom. The Morgan fingerprint density at radius 3 is 3.12 bits per heavy atom. The Hall–Kier alpha value is -0.480. The van der Waals surface area contributed by atoms with Crippen LogP contribution in [0.2, 0.25) is 0 Å². The number of aliphatic hydroxyl groups is 1. The molecule has 3 rings (SSSR count). The summed E-state index contributed by atoms with van der Waals surface area (Å²) in [7, 11) is 0. The summed E-state index contributed by atoms with van der Waals surface area (Å²) >= 11 is 2.04. The van der Waals surface area contributed by atoms with E-state index in [9.17, 15) is 5.11 Å². The van der Waals surface area contributed by atoms with Gasteiger partial charge in [0.1, 0.15) is 5.82 Å². The Labute approximate surface area is 100 Å². The lowest BCUT2D eigenvalue weighted by atomic mass is 10.1. The normalized spacial score (nSPS) is 30.1. The molecule has 1 N–H and O–H groups in total. The van der Waals surface area contributed by atoms with Crippen molar-refractivity contribution in [3.63, 3.8) is 0 Å². The third-order valence-electron chi connectivity index (χ3n) is 3.51. The SMILES string of the molecule is OC1CCn2cc(C3CCCCS3)nc2C1. The molecule has 2 unspecified atom stereocenters. The number of aromatic nitrogens is 2. The van der Waals surface area contributed by atoms with Crippen LogP contribution in [0.5, 0.6) is 0 Å². The molecule has 2 aliphatic heterocycles. The predicted octanol–water partition coefficient (Wildman–Crippen LogP) is 2.15. The van der Waals surface area contributed by atoms with Crippen LogP contribution in [0.3, 0.4) is 0 Å². The number of aryl methyl sites for hydroxylation is 1. The van der Waals surface area contributed by atoms with Gasteiger partial charge in [-0.15, -0.1) is 0 Å². The smallest absolute Gasteiger partial charge is 0.111 e. The van der Waals surface area contributed by atoms with Gasteiger partial charge >= 0.3 is 0 Å². The summed E-state index contributed by atoms with van der Waals surface area (Å²) in [6.07, 6.45) is 7.60. The third-order valence-corrected chi connectivity index (χ3v) is 4.91. The molecule has 0 saturated carbocycles. The highest BCUT2D eigenvalue weighted by Crippen LogP contribution is 2.38. The highest BCUT2D eigenvalue weighted by Gasteiger charge is 2.23. The molecule has 2 atom stereocenters. The van der Waals surface area contributed by atoms with Crippen molar-refractivity contribution in [2.24, 2.45) is 0 Å². The van der Waals surface area contributed by atoms with Gasteiger partial charge in [-0.1, -0.05) is 6.42 Å². The summed E-state index contributed by atoms with van der Waals surface area (Å²) in [5.41, 5.74) is 1.24. The van der Waals surface area contributed by atoms with E-state index in [-0.39, 0.29) is 6.10 Å². The minimum atomic E-state index is -0.179. The van der Waals surface area contributed by atoms with Crippen LogP contribution < -0.4 is 0 Å². The van der Waals surface area contributed by atoms with Crippen molar-refractivity contribution in [1.29, 1.82) is 0 Å². The van der Waals surface area contributed by atoms with E-state index in [1.807, 2.05) is 11.8 Å². The van der Waals surface area contributed by atoms with Crippen molar-refractivity contribution in [1.82, 2.24) is 9.55 Å². The minimum absolute atomic E-state index is 0.179. The van der Waals surface area contributed by atoms with Crippen LogP contribution >= 0.6 is 11.8 Å². The van der Waals surface area contributed by atoms with E-state index in [4.69, 9.17) is 4.98 Å². The van der Waals surface area contributed by atoms with Crippen molar-refractivity contribution in [3.8, 4) is 0 Å². The molecule has 2 aliphatic rings. The molecule has 0 aliphatic carbocycles. The Balaban J connectivity index is 1.80. The molecule has 1 aromatic rings. The number of hydrogen-bond acceptors (Lipinski definition) is 3. The highest BCUT2D eigenvalue weighted by atomic mass is 32.2. The molecule has 0 amide bonds. The molecule has 1 aromatic heterocycles. The quantitative estimate of drug-likeness (QED) is 0.814. The molecule has 88 valence electrons. The highest BCUT2D eigenvalue weighted by molar-refractivity contribution is 7.99. The van der Waals surface area contributed by atoms with E-state index < -0.39 is 0 Å². The fourth-order valence-electron chi connectivity index (χ4n) is 2.56. The second-order valence-corrected chi connectivity index (χ2v) is 6.09. The van der Waals surface area contributed by atoms with Crippen molar-refractivity contribution in [2.45, 2.75) is 50.0 Å². The van der Waals surface area contributed by atoms with E-state index in [0.29, 0.717) is 5.25 Å². The summed E-state index contributed by atoms with van der Waals surface area (Å²) in [6.45, 7) is 0.931. The zero-order valence-electron chi connectivity index (χ0n) is 9.43. The van der Waals surface area contributed by atoms with Crippen LogP contribution in [0.4, 0.5) is 0 Å². The maximum Gasteiger partial charge on any atom is 0.111 e. The molecule has 0 radical (unpaired) electrons. The number of hydrogen-bond donors (Lipinski definition) is 1. The van der Waals surface area contributed by atoms with Gasteiger partial charge in [-0.3, -0.25) is 0 Å². The molecule has 3 heterocycles. The molecule has 1 saturated heterocycles. The number of aliphatic hydroxyl groups excluding tert-OH is 1. The second kappa shape index (κ2) is 4.41. The molecule has 3 nitrogen and oxygen atoms in total. The summed E-state index contributed by atoms with van der Waals surface area (Å²) in [5.74, 6) is 2.36. The lowest BCUT2D eigenvalue weighted by Gasteiger charge is -2.18. The standard InChI is InChI=1S/C12H18N2OS/c15-9-4-5-14-8-10(13-12(14)7-9)11-3-1-2-6-16-11/h8-9,11,15H,1-7H2. The van der Waals surface area contributed by atoms with Crippen molar-refractivity contribution in [3.05, 3.63) is 17.7 Å². The number of nitrogens with zero attached hydrogens (tertiary/aromatic N) is 2. The van der Waals surface area contributed by atoms with E-state index in [1.165, 1.54) is 30.7 Å². The van der Waals surface area contributed by atoms with Gasteiger partial charge in [-0.2, -0.15) is 11.8 Å². The van der Waals surface area contributed by atoms with Crippen molar-refractivity contribution >= 4 is 11.8 Å². The third kappa shape index (κ3) is 2.00. The van der Waals surface area contributed by atoms with E-state index >= 15 is 0 Å². The summed E-state index contributed by atoms with van der Waals surface area (Å²) in [4.78, 5) is 4.71. The lowest BCUT2D eigenvalue weighted by Crippen LogP contribution is -2.22. The van der Waals surface area contributed by atoms with Gasteiger partial charge in [0, 0.05) is 24.4 Å². The Kier molecular flexibility index (Phi) is 2.94. The summed E-state index contributed by atoms with van der Waals surface area (Å²) in [6, 6.07) is 0.